The second-order valence-corrected chi connectivity index (χ2v) is 6.07. The highest BCUT2D eigenvalue weighted by molar-refractivity contribution is 5.46. The topological polar surface area (TPSA) is 30.9 Å². The third-order valence-electron chi connectivity index (χ3n) is 4.41. The Morgan fingerprint density at radius 1 is 1.04 bits per heavy atom. The van der Waals surface area contributed by atoms with Crippen LogP contribution in [0.3, 0.4) is 0 Å². The van der Waals surface area contributed by atoms with Crippen LogP contribution >= 0.6 is 0 Å². The maximum atomic E-state index is 5.95. The van der Waals surface area contributed by atoms with Gasteiger partial charge in [-0.25, -0.2) is 0 Å². The summed E-state index contributed by atoms with van der Waals surface area (Å²) >= 11 is 0. The number of benzene rings is 2. The molecule has 1 fully saturated rings. The first-order valence-electron chi connectivity index (χ1n) is 8.38. The normalized spacial score (nSPS) is 18.3. The predicted molar refractivity (Wildman–Crippen MR) is 94.7 cm³/mol. The average molecular weight is 327 g/mol. The van der Waals surface area contributed by atoms with Crippen LogP contribution in [-0.4, -0.2) is 44.9 Å². The van der Waals surface area contributed by atoms with Gasteiger partial charge in [-0.15, -0.1) is 0 Å². The van der Waals surface area contributed by atoms with Crippen LogP contribution in [0.1, 0.15) is 11.1 Å². The smallest absolute Gasteiger partial charge is 0.165 e. The van der Waals surface area contributed by atoms with Crippen molar-refractivity contribution in [3.05, 3.63) is 59.7 Å². The van der Waals surface area contributed by atoms with Crippen molar-refractivity contribution in [1.29, 1.82) is 0 Å². The lowest BCUT2D eigenvalue weighted by Crippen LogP contribution is -2.42. The zero-order valence-electron chi connectivity index (χ0n) is 14.4. The van der Waals surface area contributed by atoms with E-state index in [0.29, 0.717) is 0 Å². The van der Waals surface area contributed by atoms with Crippen LogP contribution in [-0.2, 0) is 17.7 Å². The van der Waals surface area contributed by atoms with E-state index in [1.807, 2.05) is 18.2 Å². The van der Waals surface area contributed by atoms with Gasteiger partial charge in [0, 0.05) is 25.2 Å². The molecule has 0 radical (unpaired) electrons. The van der Waals surface area contributed by atoms with Gasteiger partial charge in [-0.1, -0.05) is 42.5 Å². The molecular formula is C20H25NO3. The summed E-state index contributed by atoms with van der Waals surface area (Å²) in [6.07, 6.45) is 1.19. The fourth-order valence-electron chi connectivity index (χ4n) is 3.24. The second kappa shape index (κ2) is 8.18. The van der Waals surface area contributed by atoms with Crippen molar-refractivity contribution in [2.75, 3.05) is 33.9 Å². The molecule has 0 unspecified atom stereocenters. The van der Waals surface area contributed by atoms with E-state index in [4.69, 9.17) is 14.2 Å². The van der Waals surface area contributed by atoms with Crippen molar-refractivity contribution in [2.45, 2.75) is 19.1 Å². The van der Waals surface area contributed by atoms with Crippen LogP contribution in [0.5, 0.6) is 11.5 Å². The molecule has 4 heteroatoms. The summed E-state index contributed by atoms with van der Waals surface area (Å²) in [5, 5.41) is 0. The van der Waals surface area contributed by atoms with Gasteiger partial charge < -0.3 is 14.2 Å². The van der Waals surface area contributed by atoms with Crippen LogP contribution in [0, 0.1) is 0 Å². The van der Waals surface area contributed by atoms with Crippen LogP contribution in [0.15, 0.2) is 48.5 Å². The molecule has 0 N–H and O–H groups in total. The Morgan fingerprint density at radius 2 is 1.88 bits per heavy atom. The van der Waals surface area contributed by atoms with E-state index in [1.54, 1.807) is 14.2 Å². The van der Waals surface area contributed by atoms with Crippen molar-refractivity contribution in [3.8, 4) is 11.5 Å². The fourth-order valence-corrected chi connectivity index (χ4v) is 3.24. The lowest BCUT2D eigenvalue weighted by molar-refractivity contribution is -0.0306. The van der Waals surface area contributed by atoms with Crippen molar-refractivity contribution in [2.24, 2.45) is 0 Å². The van der Waals surface area contributed by atoms with E-state index in [-0.39, 0.29) is 6.10 Å². The quantitative estimate of drug-likeness (QED) is 0.815. The van der Waals surface area contributed by atoms with E-state index in [9.17, 15) is 0 Å². The standard InChI is InChI=1S/C20H25NO3/c1-22-19-10-6-9-17(20(19)23-2)14-21-11-12-24-18(15-21)13-16-7-4-3-5-8-16/h3-10,18H,11-15H2,1-2H3/t18-/m0/s1. The molecule has 2 aromatic carbocycles. The zero-order valence-corrected chi connectivity index (χ0v) is 14.4. The maximum absolute atomic E-state index is 5.95. The van der Waals surface area contributed by atoms with Crippen molar-refractivity contribution in [3.63, 3.8) is 0 Å². The van der Waals surface area contributed by atoms with Crippen molar-refractivity contribution >= 4 is 0 Å². The largest absolute Gasteiger partial charge is 0.493 e. The molecule has 0 saturated carbocycles. The first-order valence-corrected chi connectivity index (χ1v) is 8.38. The highest BCUT2D eigenvalue weighted by Crippen LogP contribution is 2.31. The molecule has 3 rings (SSSR count). The van der Waals surface area contributed by atoms with E-state index in [1.165, 1.54) is 5.56 Å². The van der Waals surface area contributed by atoms with E-state index in [2.05, 4.69) is 35.2 Å². The second-order valence-electron chi connectivity index (χ2n) is 6.07. The summed E-state index contributed by atoms with van der Waals surface area (Å²) in [6.45, 7) is 3.47. The summed E-state index contributed by atoms with van der Waals surface area (Å²) in [4.78, 5) is 2.42. The third-order valence-corrected chi connectivity index (χ3v) is 4.41. The summed E-state index contributed by atoms with van der Waals surface area (Å²) in [7, 11) is 3.37. The van der Waals surface area contributed by atoms with Gasteiger partial charge in [0.25, 0.3) is 0 Å². The minimum atomic E-state index is 0.234. The summed E-state index contributed by atoms with van der Waals surface area (Å²) < 4.78 is 16.9. The molecule has 1 aliphatic rings. The Hall–Kier alpha value is -2.04. The van der Waals surface area contributed by atoms with Gasteiger partial charge in [0.15, 0.2) is 11.5 Å². The molecule has 1 aliphatic heterocycles. The lowest BCUT2D eigenvalue weighted by atomic mass is 10.1. The van der Waals surface area contributed by atoms with Gasteiger partial charge in [0.05, 0.1) is 26.9 Å². The van der Waals surface area contributed by atoms with Gasteiger partial charge in [-0.2, -0.15) is 0 Å². The average Bonchev–Trinajstić information content (AvgIpc) is 2.62. The molecule has 1 saturated heterocycles. The van der Waals surface area contributed by atoms with Crippen LogP contribution in [0.25, 0.3) is 0 Å². The Bertz CT molecular complexity index is 645. The molecule has 2 aromatic rings. The summed E-state index contributed by atoms with van der Waals surface area (Å²) in [6, 6.07) is 16.6. The van der Waals surface area contributed by atoms with Crippen molar-refractivity contribution in [1.82, 2.24) is 4.90 Å². The van der Waals surface area contributed by atoms with E-state index >= 15 is 0 Å². The minimum absolute atomic E-state index is 0.234. The first kappa shape index (κ1) is 16.8. The molecule has 128 valence electrons. The number of methoxy groups -OCH3 is 2. The molecule has 0 amide bonds. The summed E-state index contributed by atoms with van der Waals surface area (Å²) in [5.41, 5.74) is 2.47. The van der Waals surface area contributed by atoms with Gasteiger partial charge in [-0.3, -0.25) is 4.90 Å². The van der Waals surface area contributed by atoms with Gasteiger partial charge in [0.2, 0.25) is 0 Å². The molecule has 0 spiro atoms. The van der Waals surface area contributed by atoms with E-state index < -0.39 is 0 Å². The SMILES string of the molecule is COc1cccc(CN2CCO[C@@H](Cc3ccccc3)C2)c1OC. The first-order chi connectivity index (χ1) is 11.8. The molecule has 0 aliphatic carbocycles. The molecule has 0 bridgehead atoms. The highest BCUT2D eigenvalue weighted by Gasteiger charge is 2.22. The molecule has 24 heavy (non-hydrogen) atoms. The molecular weight excluding hydrogens is 302 g/mol. The maximum Gasteiger partial charge on any atom is 0.165 e. The van der Waals surface area contributed by atoms with Crippen LogP contribution < -0.4 is 9.47 Å². The summed E-state index contributed by atoms with van der Waals surface area (Å²) in [5.74, 6) is 1.61. The zero-order chi connectivity index (χ0) is 16.8. The highest BCUT2D eigenvalue weighted by atomic mass is 16.5. The van der Waals surface area contributed by atoms with Gasteiger partial charge in [0.1, 0.15) is 0 Å². The molecule has 0 aromatic heterocycles. The monoisotopic (exact) mass is 327 g/mol. The van der Waals surface area contributed by atoms with E-state index in [0.717, 1.165) is 49.7 Å². The Morgan fingerprint density at radius 3 is 2.62 bits per heavy atom. The number of nitrogens with zero attached hydrogens (tertiary/aromatic N) is 1. The fraction of sp³-hybridized carbons (Fsp3) is 0.400. The number of hydrogen-bond acceptors (Lipinski definition) is 4. The predicted octanol–water partition coefficient (Wildman–Crippen LogP) is 3.15. The molecule has 1 heterocycles. The Kier molecular flexibility index (Phi) is 5.72. The third kappa shape index (κ3) is 4.08. The Balaban J connectivity index is 1.65. The van der Waals surface area contributed by atoms with Crippen LogP contribution in [0.4, 0.5) is 0 Å². The lowest BCUT2D eigenvalue weighted by Gasteiger charge is -2.33. The van der Waals surface area contributed by atoms with Gasteiger partial charge in [-0.05, 0) is 18.1 Å². The van der Waals surface area contributed by atoms with Crippen LogP contribution in [0.2, 0.25) is 0 Å². The number of ether oxygens (including phenoxy) is 3. The molecule has 4 nitrogen and oxygen atoms in total. The number of morpholine rings is 1. The number of para-hydroxylation sites is 1. The van der Waals surface area contributed by atoms with Crippen molar-refractivity contribution < 1.29 is 14.2 Å². The Labute approximate surface area is 144 Å². The minimum Gasteiger partial charge on any atom is -0.493 e. The number of hydrogen-bond donors (Lipinski definition) is 0. The number of rotatable bonds is 6. The molecule has 1 atom stereocenters. The van der Waals surface area contributed by atoms with Gasteiger partial charge >= 0.3 is 0 Å².